The highest BCUT2D eigenvalue weighted by Crippen LogP contribution is 2.34. The molecular weight excluding hydrogens is 229 g/mol. The van der Waals surface area contributed by atoms with Crippen LogP contribution in [0.4, 0.5) is 18.9 Å². The van der Waals surface area contributed by atoms with Gasteiger partial charge in [0.2, 0.25) is 0 Å². The van der Waals surface area contributed by atoms with E-state index >= 15 is 0 Å². The van der Waals surface area contributed by atoms with Gasteiger partial charge in [-0.05, 0) is 24.6 Å². The largest absolute Gasteiger partial charge is 0.416 e. The van der Waals surface area contributed by atoms with Crippen LogP contribution in [0.15, 0.2) is 24.3 Å². The fourth-order valence-electron chi connectivity index (χ4n) is 2.74. The molecule has 17 heavy (non-hydrogen) atoms. The second-order valence-electron chi connectivity index (χ2n) is 4.70. The van der Waals surface area contributed by atoms with Crippen molar-refractivity contribution in [2.75, 3.05) is 18.0 Å². The molecule has 1 N–H and O–H groups in total. The summed E-state index contributed by atoms with van der Waals surface area (Å²) >= 11 is 0. The van der Waals surface area contributed by atoms with E-state index in [4.69, 9.17) is 0 Å². The van der Waals surface area contributed by atoms with E-state index in [1.807, 2.05) is 0 Å². The third-order valence-electron chi connectivity index (χ3n) is 3.56. The zero-order valence-corrected chi connectivity index (χ0v) is 9.17. The first-order chi connectivity index (χ1) is 8.04. The molecule has 2 nitrogen and oxygen atoms in total. The van der Waals surface area contributed by atoms with Crippen molar-refractivity contribution >= 4 is 5.69 Å². The lowest BCUT2D eigenvalue weighted by atomic mass is 10.1. The highest BCUT2D eigenvalue weighted by molar-refractivity contribution is 5.52. The Labute approximate surface area is 97.4 Å². The van der Waals surface area contributed by atoms with Crippen molar-refractivity contribution in [3.8, 4) is 0 Å². The van der Waals surface area contributed by atoms with E-state index in [0.29, 0.717) is 17.8 Å². The SMILES string of the molecule is FC(F)(F)c1cccc(N2C[C@@H]3C[C@H]2CN3)c1. The van der Waals surface area contributed by atoms with E-state index in [1.54, 1.807) is 6.07 Å². The Kier molecular flexibility index (Phi) is 2.33. The van der Waals surface area contributed by atoms with Crippen LogP contribution >= 0.6 is 0 Å². The highest BCUT2D eigenvalue weighted by atomic mass is 19.4. The maximum atomic E-state index is 12.6. The average Bonchev–Trinajstić information content (AvgIpc) is 2.89. The molecule has 92 valence electrons. The molecule has 2 fully saturated rings. The van der Waals surface area contributed by atoms with Crippen LogP contribution in [0.5, 0.6) is 0 Å². The summed E-state index contributed by atoms with van der Waals surface area (Å²) in [5.41, 5.74) is 0.125. The number of hydrogen-bond donors (Lipinski definition) is 1. The molecule has 0 aromatic heterocycles. The lowest BCUT2D eigenvalue weighted by Gasteiger charge is -2.30. The standard InChI is InChI=1S/C12H13F3N2/c13-12(14,15)8-2-1-3-10(4-8)17-7-9-5-11(17)6-16-9/h1-4,9,11,16H,5-7H2/t9-,11-/m0/s1. The Morgan fingerprint density at radius 2 is 2.12 bits per heavy atom. The van der Waals surface area contributed by atoms with Crippen molar-refractivity contribution in [2.24, 2.45) is 0 Å². The Bertz CT molecular complexity index is 430. The number of piperazine rings is 1. The smallest absolute Gasteiger partial charge is 0.366 e. The molecule has 1 aromatic carbocycles. The van der Waals surface area contributed by atoms with E-state index in [0.717, 1.165) is 25.6 Å². The Hall–Kier alpha value is -1.23. The molecule has 5 heteroatoms. The molecule has 1 aromatic rings. The first kappa shape index (κ1) is 10.9. The van der Waals surface area contributed by atoms with Gasteiger partial charge in [-0.15, -0.1) is 0 Å². The van der Waals surface area contributed by atoms with Gasteiger partial charge in [-0.3, -0.25) is 0 Å². The van der Waals surface area contributed by atoms with Gasteiger partial charge in [0.05, 0.1) is 5.56 Å². The van der Waals surface area contributed by atoms with Crippen LogP contribution in [0.1, 0.15) is 12.0 Å². The molecule has 3 rings (SSSR count). The third-order valence-corrected chi connectivity index (χ3v) is 3.56. The van der Waals surface area contributed by atoms with Gasteiger partial charge in [0, 0.05) is 30.9 Å². The van der Waals surface area contributed by atoms with Gasteiger partial charge in [-0.1, -0.05) is 6.07 Å². The summed E-state index contributed by atoms with van der Waals surface area (Å²) in [5.74, 6) is 0. The summed E-state index contributed by atoms with van der Waals surface area (Å²) in [4.78, 5) is 2.08. The molecule has 0 saturated carbocycles. The second-order valence-corrected chi connectivity index (χ2v) is 4.70. The number of fused-ring (bicyclic) bond motifs is 2. The first-order valence-corrected chi connectivity index (χ1v) is 5.71. The van der Waals surface area contributed by atoms with Crippen molar-refractivity contribution in [1.82, 2.24) is 5.32 Å². The van der Waals surface area contributed by atoms with Gasteiger partial charge in [-0.25, -0.2) is 0 Å². The Morgan fingerprint density at radius 1 is 1.29 bits per heavy atom. The molecule has 0 aliphatic carbocycles. The lowest BCUT2D eigenvalue weighted by molar-refractivity contribution is -0.137. The number of nitrogens with one attached hydrogen (secondary N) is 1. The van der Waals surface area contributed by atoms with Gasteiger partial charge in [-0.2, -0.15) is 13.2 Å². The summed E-state index contributed by atoms with van der Waals surface area (Å²) in [5, 5.41) is 3.34. The molecule has 0 amide bonds. The van der Waals surface area contributed by atoms with Gasteiger partial charge in [0.25, 0.3) is 0 Å². The van der Waals surface area contributed by atoms with Crippen LogP contribution in [0.2, 0.25) is 0 Å². The zero-order chi connectivity index (χ0) is 12.0. The minimum absolute atomic E-state index is 0.350. The normalized spacial score (nSPS) is 27.8. The minimum Gasteiger partial charge on any atom is -0.366 e. The van der Waals surface area contributed by atoms with Crippen molar-refractivity contribution < 1.29 is 13.2 Å². The van der Waals surface area contributed by atoms with Crippen molar-refractivity contribution in [2.45, 2.75) is 24.7 Å². The Balaban J connectivity index is 1.89. The zero-order valence-electron chi connectivity index (χ0n) is 9.17. The number of halogens is 3. The summed E-state index contributed by atoms with van der Waals surface area (Å²) in [6, 6.07) is 6.41. The van der Waals surface area contributed by atoms with Gasteiger partial charge in [0.15, 0.2) is 0 Å². The predicted octanol–water partition coefficient (Wildman–Crippen LogP) is 2.26. The molecule has 2 bridgehead atoms. The van der Waals surface area contributed by atoms with Crippen LogP contribution in [0.25, 0.3) is 0 Å². The van der Waals surface area contributed by atoms with Crippen molar-refractivity contribution in [1.29, 1.82) is 0 Å². The summed E-state index contributed by atoms with van der Waals surface area (Å²) in [6.07, 6.45) is -3.22. The van der Waals surface area contributed by atoms with Crippen LogP contribution in [0, 0.1) is 0 Å². The number of anilines is 1. The molecule has 2 heterocycles. The second kappa shape index (κ2) is 3.63. The maximum Gasteiger partial charge on any atom is 0.416 e. The summed E-state index contributed by atoms with van der Waals surface area (Å²) in [6.45, 7) is 1.69. The average molecular weight is 242 g/mol. The first-order valence-electron chi connectivity index (χ1n) is 5.71. The van der Waals surface area contributed by atoms with Crippen LogP contribution in [-0.2, 0) is 6.18 Å². The van der Waals surface area contributed by atoms with Crippen LogP contribution < -0.4 is 10.2 Å². The fraction of sp³-hybridized carbons (Fsp3) is 0.500. The molecular formula is C12H13F3N2. The molecule has 0 radical (unpaired) electrons. The van der Waals surface area contributed by atoms with Crippen LogP contribution in [0.3, 0.4) is 0 Å². The Morgan fingerprint density at radius 3 is 2.71 bits per heavy atom. The number of nitrogens with zero attached hydrogens (tertiary/aromatic N) is 1. The molecule has 2 saturated heterocycles. The predicted molar refractivity (Wildman–Crippen MR) is 59.0 cm³/mol. The van der Waals surface area contributed by atoms with Gasteiger partial charge >= 0.3 is 6.18 Å². The molecule has 2 aliphatic rings. The fourth-order valence-corrected chi connectivity index (χ4v) is 2.74. The molecule has 0 spiro atoms. The highest BCUT2D eigenvalue weighted by Gasteiger charge is 2.38. The van der Waals surface area contributed by atoms with E-state index in [9.17, 15) is 13.2 Å². The lowest BCUT2D eigenvalue weighted by Crippen LogP contribution is -2.43. The van der Waals surface area contributed by atoms with E-state index in [-0.39, 0.29) is 0 Å². The van der Waals surface area contributed by atoms with Gasteiger partial charge < -0.3 is 10.2 Å². The summed E-state index contributed by atoms with van der Waals surface area (Å²) < 4.78 is 37.8. The van der Waals surface area contributed by atoms with E-state index < -0.39 is 11.7 Å². The number of alkyl halides is 3. The van der Waals surface area contributed by atoms with Crippen molar-refractivity contribution in [3.63, 3.8) is 0 Å². The van der Waals surface area contributed by atoms with Gasteiger partial charge in [0.1, 0.15) is 0 Å². The van der Waals surface area contributed by atoms with E-state index in [1.165, 1.54) is 12.1 Å². The third kappa shape index (κ3) is 1.88. The number of rotatable bonds is 1. The van der Waals surface area contributed by atoms with Crippen LogP contribution in [-0.4, -0.2) is 25.2 Å². The molecule has 2 aliphatic heterocycles. The van der Waals surface area contributed by atoms with Crippen molar-refractivity contribution in [3.05, 3.63) is 29.8 Å². The molecule has 0 unspecified atom stereocenters. The number of benzene rings is 1. The van der Waals surface area contributed by atoms with E-state index in [2.05, 4.69) is 10.2 Å². The summed E-state index contributed by atoms with van der Waals surface area (Å²) in [7, 11) is 0. The molecule has 2 atom stereocenters. The number of hydrogen-bond acceptors (Lipinski definition) is 2. The minimum atomic E-state index is -4.26. The monoisotopic (exact) mass is 242 g/mol. The maximum absolute atomic E-state index is 12.6. The topological polar surface area (TPSA) is 15.3 Å². The quantitative estimate of drug-likeness (QED) is 0.812.